The Morgan fingerprint density at radius 2 is 0.860 bits per heavy atom. The SMILES string of the molecule is CC1(C)COC(c2ccccc2N2CCN(c3ccccc3C3=NC(C)(C)CO3)CC2)=N1.F[B-](F)(F)F.F[B-](F)(F)F.[Ni+2]. The first kappa shape index (κ1) is 36.2. The van der Waals surface area contributed by atoms with E-state index in [1.54, 1.807) is 0 Å². The molecule has 0 unspecified atom stereocenters. The van der Waals surface area contributed by atoms with Gasteiger partial charge in [0.15, 0.2) is 0 Å². The molecule has 0 amide bonds. The predicted octanol–water partition coefficient (Wildman–Crippen LogP) is 6.72. The van der Waals surface area contributed by atoms with Crippen molar-refractivity contribution in [1.29, 1.82) is 0 Å². The van der Waals surface area contributed by atoms with E-state index in [1.165, 1.54) is 11.4 Å². The van der Waals surface area contributed by atoms with Gasteiger partial charge in [-0.05, 0) is 52.0 Å². The molecule has 0 saturated carbocycles. The normalized spacial score (nSPS) is 18.9. The Kier molecular flexibility index (Phi) is 12.0. The van der Waals surface area contributed by atoms with Crippen LogP contribution in [-0.4, -0.2) is 76.8 Å². The van der Waals surface area contributed by atoms with Crippen LogP contribution in [0.1, 0.15) is 38.8 Å². The van der Waals surface area contributed by atoms with Crippen LogP contribution in [0, 0.1) is 0 Å². The number of rotatable bonds is 4. The average Bonchev–Trinajstić information content (AvgIpc) is 3.43. The molecule has 3 heterocycles. The Bertz CT molecular complexity index is 1170. The summed E-state index contributed by atoms with van der Waals surface area (Å²) in [5.74, 6) is 1.52. The molecular weight excluding hydrogens is 633 g/mol. The number of piperazine rings is 1. The largest absolute Gasteiger partial charge is 2.00 e. The van der Waals surface area contributed by atoms with Crippen molar-refractivity contribution in [2.45, 2.75) is 38.8 Å². The molecule has 3 aliphatic rings. The maximum Gasteiger partial charge on any atom is 2.00 e. The zero-order chi connectivity index (χ0) is 31.3. The van der Waals surface area contributed by atoms with Gasteiger partial charge >= 0.3 is 31.0 Å². The van der Waals surface area contributed by atoms with Crippen LogP contribution in [0.15, 0.2) is 58.5 Å². The minimum atomic E-state index is -6.00. The number of halogens is 8. The molecule has 0 atom stereocenters. The van der Waals surface area contributed by atoms with E-state index in [-0.39, 0.29) is 27.6 Å². The summed E-state index contributed by atoms with van der Waals surface area (Å²) in [6, 6.07) is 16.9. The minimum absolute atomic E-state index is 0. The van der Waals surface area contributed by atoms with Crippen LogP contribution in [0.3, 0.4) is 0 Å². The third kappa shape index (κ3) is 11.9. The molecule has 0 aromatic heterocycles. The first-order valence-electron chi connectivity index (χ1n) is 13.2. The van der Waals surface area contributed by atoms with Crippen molar-refractivity contribution in [1.82, 2.24) is 0 Å². The van der Waals surface area contributed by atoms with Gasteiger partial charge in [0, 0.05) is 37.6 Å². The number of benzene rings is 2. The van der Waals surface area contributed by atoms with Crippen LogP contribution in [0.2, 0.25) is 0 Å². The molecule has 0 radical (unpaired) electrons. The van der Waals surface area contributed by atoms with Gasteiger partial charge < -0.3 is 53.8 Å². The number of anilines is 2. The number of hydrogen-bond acceptors (Lipinski definition) is 6. The van der Waals surface area contributed by atoms with Crippen LogP contribution in [-0.2, 0) is 26.0 Å². The van der Waals surface area contributed by atoms with Gasteiger partial charge in [-0.15, -0.1) is 0 Å². The van der Waals surface area contributed by atoms with Gasteiger partial charge in [0.25, 0.3) is 0 Å². The van der Waals surface area contributed by atoms with Crippen molar-refractivity contribution >= 4 is 37.7 Å². The monoisotopic (exact) mass is 664 g/mol. The number of para-hydroxylation sites is 2. The average molecular weight is 665 g/mol. The van der Waals surface area contributed by atoms with Crippen molar-refractivity contribution < 1.29 is 60.5 Å². The fourth-order valence-electron chi connectivity index (χ4n) is 4.49. The molecule has 43 heavy (non-hydrogen) atoms. The van der Waals surface area contributed by atoms with Gasteiger partial charge in [0.2, 0.25) is 11.8 Å². The maximum atomic E-state index is 9.75. The maximum absolute atomic E-state index is 9.75. The van der Waals surface area contributed by atoms with Crippen molar-refractivity contribution in [3.63, 3.8) is 0 Å². The topological polar surface area (TPSA) is 49.7 Å². The second kappa shape index (κ2) is 14.2. The van der Waals surface area contributed by atoms with Gasteiger partial charge in [0.1, 0.15) is 13.2 Å². The number of ether oxygens (including phenoxy) is 2. The molecule has 1 saturated heterocycles. The summed E-state index contributed by atoms with van der Waals surface area (Å²) >= 11 is 0. The fourth-order valence-corrected chi connectivity index (χ4v) is 4.49. The molecule has 1 fully saturated rings. The van der Waals surface area contributed by atoms with Crippen LogP contribution in [0.5, 0.6) is 0 Å². The quantitative estimate of drug-likeness (QED) is 0.269. The molecular formula is C26H32B2F8N4NiO2. The standard InChI is InChI=1S/C26H32N4O2.2BF4.Ni/c1-25(2)17-31-23(27-25)19-9-5-7-11-21(19)29-13-15-30(16-14-29)22-12-8-6-10-20(22)24-28-26(3,4)18-32-24;2*2-1(3,4)5;/h5-12H,13-18H2,1-4H3;;;/q;2*-1;+2. The summed E-state index contributed by atoms with van der Waals surface area (Å²) in [6.07, 6.45) is 0. The molecule has 0 aliphatic carbocycles. The zero-order valence-corrected chi connectivity index (χ0v) is 24.9. The molecule has 6 nitrogen and oxygen atoms in total. The van der Waals surface area contributed by atoms with Crippen molar-refractivity contribution in [3.05, 3.63) is 59.7 Å². The molecule has 3 aliphatic heterocycles. The van der Waals surface area contributed by atoms with Crippen molar-refractivity contribution in [2.24, 2.45) is 9.98 Å². The Labute approximate surface area is 255 Å². The third-order valence-electron chi connectivity index (χ3n) is 6.16. The third-order valence-corrected chi connectivity index (χ3v) is 6.16. The Morgan fingerprint density at radius 3 is 1.12 bits per heavy atom. The van der Waals surface area contributed by atoms with Crippen LogP contribution in [0.25, 0.3) is 0 Å². The van der Waals surface area contributed by atoms with E-state index in [2.05, 4.69) is 86.0 Å². The number of aliphatic imine (C=N–C) groups is 2. The summed E-state index contributed by atoms with van der Waals surface area (Å²) in [6.45, 7) is 13.4. The van der Waals surface area contributed by atoms with Crippen LogP contribution in [0.4, 0.5) is 45.9 Å². The molecule has 17 heteroatoms. The number of hydrogen-bond donors (Lipinski definition) is 0. The van der Waals surface area contributed by atoms with Gasteiger partial charge in [-0.1, -0.05) is 24.3 Å². The van der Waals surface area contributed by atoms with E-state index >= 15 is 0 Å². The van der Waals surface area contributed by atoms with E-state index in [4.69, 9.17) is 19.5 Å². The summed E-state index contributed by atoms with van der Waals surface area (Å²) < 4.78 is 89.9. The smallest absolute Gasteiger partial charge is 0.475 e. The van der Waals surface area contributed by atoms with Gasteiger partial charge in [-0.25, -0.2) is 9.98 Å². The second-order valence-electron chi connectivity index (χ2n) is 11.0. The fraction of sp³-hybridized carbons (Fsp3) is 0.462. The Morgan fingerprint density at radius 1 is 0.581 bits per heavy atom. The van der Waals surface area contributed by atoms with E-state index < -0.39 is 14.5 Å². The van der Waals surface area contributed by atoms with E-state index in [1.807, 2.05) is 0 Å². The summed E-state index contributed by atoms with van der Waals surface area (Å²) in [4.78, 5) is 14.5. The van der Waals surface area contributed by atoms with Crippen molar-refractivity contribution in [3.8, 4) is 0 Å². The first-order valence-corrected chi connectivity index (χ1v) is 13.2. The number of nitrogens with zero attached hydrogens (tertiary/aromatic N) is 4. The zero-order valence-electron chi connectivity index (χ0n) is 24.0. The summed E-state index contributed by atoms with van der Waals surface area (Å²) in [7, 11) is -12.0. The summed E-state index contributed by atoms with van der Waals surface area (Å²) in [5.41, 5.74) is 4.24. The second-order valence-corrected chi connectivity index (χ2v) is 11.0. The molecule has 5 rings (SSSR count). The van der Waals surface area contributed by atoms with E-state index in [0.29, 0.717) is 13.2 Å². The Balaban J connectivity index is 0.000000511. The minimum Gasteiger partial charge on any atom is -0.475 e. The molecule has 240 valence electrons. The first-order chi connectivity index (χ1) is 19.3. The van der Waals surface area contributed by atoms with Gasteiger partial charge in [0.05, 0.1) is 22.2 Å². The summed E-state index contributed by atoms with van der Waals surface area (Å²) in [5, 5.41) is 0. The van der Waals surface area contributed by atoms with E-state index in [0.717, 1.165) is 49.1 Å². The molecule has 2 aromatic rings. The molecule has 0 spiro atoms. The molecule has 0 bridgehead atoms. The predicted molar refractivity (Wildman–Crippen MR) is 151 cm³/mol. The Hall–Kier alpha value is -2.96. The van der Waals surface area contributed by atoms with E-state index in [9.17, 15) is 34.5 Å². The van der Waals surface area contributed by atoms with Crippen LogP contribution >= 0.6 is 0 Å². The molecule has 2 aromatic carbocycles. The van der Waals surface area contributed by atoms with Crippen molar-refractivity contribution in [2.75, 3.05) is 49.2 Å². The van der Waals surface area contributed by atoms with Gasteiger partial charge in [-0.2, -0.15) is 0 Å². The molecule has 0 N–H and O–H groups in total. The van der Waals surface area contributed by atoms with Gasteiger partial charge in [-0.3, -0.25) is 0 Å². The van der Waals surface area contributed by atoms with Crippen LogP contribution < -0.4 is 9.80 Å².